The minimum Gasteiger partial charge on any atom is -0.330 e. The topological polar surface area (TPSA) is 26.0 Å². The van der Waals surface area contributed by atoms with E-state index in [2.05, 4.69) is 0 Å². The van der Waals surface area contributed by atoms with Crippen LogP contribution in [0.1, 0.15) is 24.0 Å². The van der Waals surface area contributed by atoms with Gasteiger partial charge in [0.2, 0.25) is 0 Å². The third kappa shape index (κ3) is 1.65. The lowest BCUT2D eigenvalue weighted by molar-refractivity contribution is 0.0947. The van der Waals surface area contributed by atoms with E-state index in [0.29, 0.717) is 5.56 Å². The molecule has 0 saturated heterocycles. The van der Waals surface area contributed by atoms with Crippen LogP contribution in [0.3, 0.4) is 0 Å². The van der Waals surface area contributed by atoms with Crippen molar-refractivity contribution in [3.05, 3.63) is 35.4 Å². The predicted molar refractivity (Wildman–Crippen MR) is 56.1 cm³/mol. The number of halogens is 2. The molecule has 0 bridgehead atoms. The molecule has 2 rings (SSSR count). The lowest BCUT2D eigenvalue weighted by atomic mass is 10.1. The molecule has 1 saturated carbocycles. The van der Waals surface area contributed by atoms with Gasteiger partial charge in [-0.05, 0) is 17.5 Å². The molecule has 0 amide bonds. The molecule has 1 aliphatic carbocycles. The van der Waals surface area contributed by atoms with Crippen LogP contribution in [0.5, 0.6) is 0 Å². The number of rotatable bonds is 3. The Morgan fingerprint density at radius 1 is 1.27 bits per heavy atom. The smallest absolute Gasteiger partial charge is 0.260 e. The van der Waals surface area contributed by atoms with Crippen molar-refractivity contribution in [2.24, 2.45) is 11.7 Å². The first-order valence-corrected chi connectivity index (χ1v) is 5.28. The molecule has 0 unspecified atom stereocenters. The highest BCUT2D eigenvalue weighted by Gasteiger charge is 2.67. The molecule has 1 fully saturated rings. The van der Waals surface area contributed by atoms with Crippen LogP contribution in [-0.4, -0.2) is 12.5 Å². The third-order valence-corrected chi connectivity index (χ3v) is 3.20. The Labute approximate surface area is 88.3 Å². The minimum absolute atomic E-state index is 0.0627. The van der Waals surface area contributed by atoms with Crippen LogP contribution in [0.2, 0.25) is 0 Å². The molecule has 3 heteroatoms. The Kier molecular flexibility index (Phi) is 2.51. The number of aryl methyl sites for hydroxylation is 1. The first-order valence-electron chi connectivity index (χ1n) is 5.28. The summed E-state index contributed by atoms with van der Waals surface area (Å²) in [6.07, 6.45) is 0.932. The van der Waals surface area contributed by atoms with Crippen molar-refractivity contribution in [3.63, 3.8) is 0 Å². The molecule has 0 heterocycles. The fraction of sp³-hybridized carbons (Fsp3) is 0.500. The van der Waals surface area contributed by atoms with Gasteiger partial charge in [-0.2, -0.15) is 0 Å². The van der Waals surface area contributed by atoms with Gasteiger partial charge >= 0.3 is 0 Å². The van der Waals surface area contributed by atoms with Gasteiger partial charge in [-0.1, -0.05) is 31.2 Å². The zero-order valence-corrected chi connectivity index (χ0v) is 8.71. The number of benzene rings is 1. The quantitative estimate of drug-likeness (QED) is 0.817. The van der Waals surface area contributed by atoms with E-state index >= 15 is 0 Å². The van der Waals surface area contributed by atoms with Crippen molar-refractivity contribution in [2.45, 2.75) is 25.2 Å². The highest BCUT2D eigenvalue weighted by atomic mass is 19.3. The molecule has 1 aromatic rings. The van der Waals surface area contributed by atoms with Crippen LogP contribution in [0, 0.1) is 5.92 Å². The summed E-state index contributed by atoms with van der Waals surface area (Å²) in [5.41, 5.74) is 7.20. The normalized spacial score (nSPS) is 27.7. The highest BCUT2D eigenvalue weighted by molar-refractivity contribution is 5.34. The van der Waals surface area contributed by atoms with Gasteiger partial charge in [0.15, 0.2) is 0 Å². The molecule has 1 aromatic carbocycles. The molecule has 0 radical (unpaired) electrons. The number of nitrogens with two attached hydrogens (primary N) is 1. The first kappa shape index (κ1) is 10.6. The van der Waals surface area contributed by atoms with Gasteiger partial charge in [0, 0.05) is 12.5 Å². The molecule has 0 aliphatic heterocycles. The van der Waals surface area contributed by atoms with Crippen LogP contribution in [0.15, 0.2) is 24.3 Å². The molecule has 1 aliphatic rings. The molecule has 0 spiro atoms. The number of hydrogen-bond donors (Lipinski definition) is 1. The lowest BCUT2D eigenvalue weighted by Crippen LogP contribution is -2.06. The van der Waals surface area contributed by atoms with Gasteiger partial charge in [0.25, 0.3) is 5.92 Å². The molecule has 1 nitrogen and oxygen atoms in total. The fourth-order valence-corrected chi connectivity index (χ4v) is 2.10. The summed E-state index contributed by atoms with van der Waals surface area (Å²) in [6, 6.07) is 7.43. The second-order valence-corrected chi connectivity index (χ2v) is 4.09. The van der Waals surface area contributed by atoms with Crippen LogP contribution >= 0.6 is 0 Å². The monoisotopic (exact) mass is 211 g/mol. The lowest BCUT2D eigenvalue weighted by Gasteiger charge is -2.00. The summed E-state index contributed by atoms with van der Waals surface area (Å²) in [6.45, 7) is 2.11. The van der Waals surface area contributed by atoms with E-state index in [1.54, 1.807) is 12.1 Å². The van der Waals surface area contributed by atoms with E-state index in [0.717, 1.165) is 6.42 Å². The van der Waals surface area contributed by atoms with Crippen molar-refractivity contribution in [1.82, 2.24) is 0 Å². The Bertz CT molecular complexity index is 345. The maximum atomic E-state index is 13.2. The van der Waals surface area contributed by atoms with Crippen molar-refractivity contribution in [1.29, 1.82) is 0 Å². The van der Waals surface area contributed by atoms with Crippen LogP contribution in [0.4, 0.5) is 8.78 Å². The summed E-state index contributed by atoms with van der Waals surface area (Å²) in [7, 11) is 0. The van der Waals surface area contributed by atoms with Crippen LogP contribution in [-0.2, 0) is 6.42 Å². The third-order valence-electron chi connectivity index (χ3n) is 3.20. The summed E-state index contributed by atoms with van der Waals surface area (Å²) < 4.78 is 26.5. The van der Waals surface area contributed by atoms with E-state index in [-0.39, 0.29) is 6.54 Å². The maximum Gasteiger partial charge on any atom is 0.260 e. The summed E-state index contributed by atoms with van der Waals surface area (Å²) >= 11 is 0. The van der Waals surface area contributed by atoms with Crippen molar-refractivity contribution in [2.75, 3.05) is 6.54 Å². The zero-order valence-electron chi connectivity index (χ0n) is 8.71. The first-order chi connectivity index (χ1) is 7.11. The minimum atomic E-state index is -2.59. The largest absolute Gasteiger partial charge is 0.330 e. The van der Waals surface area contributed by atoms with Gasteiger partial charge in [-0.25, -0.2) is 8.78 Å². The van der Waals surface area contributed by atoms with E-state index in [1.165, 1.54) is 5.56 Å². The molecule has 15 heavy (non-hydrogen) atoms. The van der Waals surface area contributed by atoms with Gasteiger partial charge in [0.05, 0.1) is 5.92 Å². The van der Waals surface area contributed by atoms with E-state index in [1.807, 2.05) is 19.1 Å². The van der Waals surface area contributed by atoms with Crippen molar-refractivity contribution in [3.8, 4) is 0 Å². The van der Waals surface area contributed by atoms with Crippen LogP contribution in [0.25, 0.3) is 0 Å². The summed E-state index contributed by atoms with van der Waals surface area (Å²) in [5, 5.41) is 0. The van der Waals surface area contributed by atoms with Crippen LogP contribution < -0.4 is 5.73 Å². The van der Waals surface area contributed by atoms with E-state index in [4.69, 9.17) is 5.73 Å². The predicted octanol–water partition coefficient (Wildman–Crippen LogP) is 2.56. The second kappa shape index (κ2) is 3.56. The summed E-state index contributed by atoms with van der Waals surface area (Å²) in [4.78, 5) is 0. The van der Waals surface area contributed by atoms with Gasteiger partial charge in [0.1, 0.15) is 0 Å². The Hall–Kier alpha value is -0.960. The Balaban J connectivity index is 2.18. The van der Waals surface area contributed by atoms with Crippen molar-refractivity contribution < 1.29 is 8.78 Å². The standard InChI is InChI=1S/C12H15F2N/c1-2-8-3-5-9(6-4-8)11-10(7-15)12(11,13)14/h3-6,10-11H,2,7,15H2,1H3/t10-,11-/m0/s1. The SMILES string of the molecule is CCc1ccc([C@H]2[C@H](CN)C2(F)F)cc1. The van der Waals surface area contributed by atoms with E-state index < -0.39 is 17.8 Å². The Morgan fingerprint density at radius 3 is 2.27 bits per heavy atom. The summed E-state index contributed by atoms with van der Waals surface area (Å²) in [5.74, 6) is -3.92. The second-order valence-electron chi connectivity index (χ2n) is 4.09. The fourth-order valence-electron chi connectivity index (χ4n) is 2.10. The van der Waals surface area contributed by atoms with E-state index in [9.17, 15) is 8.78 Å². The molecule has 2 atom stereocenters. The van der Waals surface area contributed by atoms with Gasteiger partial charge in [-0.3, -0.25) is 0 Å². The molecular weight excluding hydrogens is 196 g/mol. The van der Waals surface area contributed by atoms with Crippen molar-refractivity contribution >= 4 is 0 Å². The zero-order chi connectivity index (χ0) is 11.1. The molecule has 2 N–H and O–H groups in total. The number of hydrogen-bond acceptors (Lipinski definition) is 1. The molecule has 82 valence electrons. The van der Waals surface area contributed by atoms with Gasteiger partial charge in [-0.15, -0.1) is 0 Å². The average molecular weight is 211 g/mol. The Morgan fingerprint density at radius 2 is 1.87 bits per heavy atom. The molecule has 0 aromatic heterocycles. The van der Waals surface area contributed by atoms with Gasteiger partial charge < -0.3 is 5.73 Å². The highest BCUT2D eigenvalue weighted by Crippen LogP contribution is 2.60. The molecular formula is C12H15F2N. The average Bonchev–Trinajstić information content (AvgIpc) is 2.80. The number of alkyl halides is 2. The maximum absolute atomic E-state index is 13.2.